The molecule has 0 bridgehead atoms. The smallest absolute Gasteiger partial charge is 0.294 e. The number of carbonyl (C=O) groups excluding carboxylic acids is 1. The lowest BCUT2D eigenvalue weighted by atomic mass is 10.1. The molecule has 0 saturated carbocycles. The number of phenols is 1. The topological polar surface area (TPSA) is 84.6 Å². The van der Waals surface area contributed by atoms with E-state index in [9.17, 15) is 9.90 Å². The molecule has 1 heterocycles. The summed E-state index contributed by atoms with van der Waals surface area (Å²) in [5.74, 6) is 0.482. The van der Waals surface area contributed by atoms with Crippen molar-refractivity contribution in [2.24, 2.45) is 5.92 Å². The third-order valence-electron chi connectivity index (χ3n) is 2.84. The molecule has 1 aromatic carbocycles. The number of aromatic nitrogens is 1. The van der Waals surface area contributed by atoms with Gasteiger partial charge in [-0.2, -0.15) is 0 Å². The second-order valence-electron chi connectivity index (χ2n) is 5.12. The third-order valence-corrected chi connectivity index (χ3v) is 2.84. The van der Waals surface area contributed by atoms with Gasteiger partial charge in [0.15, 0.2) is 11.5 Å². The molecule has 2 N–H and O–H groups in total. The van der Waals surface area contributed by atoms with Gasteiger partial charge in [-0.1, -0.05) is 19.0 Å². The van der Waals surface area contributed by atoms with Crippen LogP contribution in [0.5, 0.6) is 11.5 Å². The normalized spacial score (nSPS) is 10.7. The van der Waals surface area contributed by atoms with E-state index in [-0.39, 0.29) is 17.3 Å². The van der Waals surface area contributed by atoms with Gasteiger partial charge >= 0.3 is 0 Å². The molecule has 0 saturated heterocycles. The Hall–Kier alpha value is -2.50. The summed E-state index contributed by atoms with van der Waals surface area (Å²) >= 11 is 0. The maximum atomic E-state index is 12.0. The predicted octanol–water partition coefficient (Wildman–Crippen LogP) is 2.84. The fourth-order valence-electron chi connectivity index (χ4n) is 1.88. The highest BCUT2D eigenvalue weighted by molar-refractivity contribution is 6.02. The van der Waals surface area contributed by atoms with Crippen molar-refractivity contribution in [2.45, 2.75) is 20.3 Å². The van der Waals surface area contributed by atoms with Gasteiger partial charge in [-0.25, -0.2) is 0 Å². The number of ether oxygens (including phenoxy) is 1. The van der Waals surface area contributed by atoms with Gasteiger partial charge in [0.2, 0.25) is 5.76 Å². The number of phenolic OH excluding ortho intramolecular Hbond substituents is 1. The molecule has 1 aromatic heterocycles. The van der Waals surface area contributed by atoms with Gasteiger partial charge in [-0.3, -0.25) is 4.79 Å². The molecule has 0 aliphatic heterocycles. The van der Waals surface area contributed by atoms with Crippen molar-refractivity contribution in [3.63, 3.8) is 0 Å². The lowest BCUT2D eigenvalue weighted by Crippen LogP contribution is -2.10. The lowest BCUT2D eigenvalue weighted by Gasteiger charge is -2.07. The van der Waals surface area contributed by atoms with Gasteiger partial charge in [0.25, 0.3) is 5.91 Å². The fourth-order valence-corrected chi connectivity index (χ4v) is 1.88. The molecular weight excluding hydrogens is 272 g/mol. The number of rotatable bonds is 5. The van der Waals surface area contributed by atoms with Crippen LogP contribution < -0.4 is 10.1 Å². The van der Waals surface area contributed by atoms with Crippen LogP contribution in [0.25, 0.3) is 0 Å². The van der Waals surface area contributed by atoms with E-state index in [0.717, 1.165) is 12.1 Å². The average molecular weight is 290 g/mol. The molecule has 0 aliphatic carbocycles. The number of aromatic hydroxyl groups is 1. The van der Waals surface area contributed by atoms with Gasteiger partial charge in [-0.15, -0.1) is 0 Å². The zero-order valence-electron chi connectivity index (χ0n) is 12.2. The van der Waals surface area contributed by atoms with Crippen LogP contribution in [0.1, 0.15) is 30.1 Å². The Bertz CT molecular complexity index is 634. The van der Waals surface area contributed by atoms with E-state index in [1.807, 2.05) is 0 Å². The summed E-state index contributed by atoms with van der Waals surface area (Å²) < 4.78 is 10.0. The minimum Gasteiger partial charge on any atom is -0.504 e. The SMILES string of the molecule is COc1cc(NC(=O)c2cc(CC(C)C)no2)ccc1O. The molecular formula is C15H18N2O4. The molecule has 112 valence electrons. The summed E-state index contributed by atoms with van der Waals surface area (Å²) in [6.07, 6.45) is 0.754. The molecule has 1 amide bonds. The number of anilines is 1. The largest absolute Gasteiger partial charge is 0.504 e. The van der Waals surface area contributed by atoms with Gasteiger partial charge in [0.1, 0.15) is 0 Å². The Balaban J connectivity index is 2.09. The molecule has 6 nitrogen and oxygen atoms in total. The van der Waals surface area contributed by atoms with E-state index in [1.165, 1.54) is 19.2 Å². The third kappa shape index (κ3) is 3.75. The highest BCUT2D eigenvalue weighted by Gasteiger charge is 2.14. The van der Waals surface area contributed by atoms with Crippen molar-refractivity contribution < 1.29 is 19.2 Å². The predicted molar refractivity (Wildman–Crippen MR) is 77.7 cm³/mol. The second-order valence-corrected chi connectivity index (χ2v) is 5.12. The molecule has 21 heavy (non-hydrogen) atoms. The number of hydrogen-bond acceptors (Lipinski definition) is 5. The van der Waals surface area contributed by atoms with Crippen LogP contribution in [-0.2, 0) is 6.42 Å². The minimum absolute atomic E-state index is 0.00869. The molecule has 0 fully saturated rings. The monoisotopic (exact) mass is 290 g/mol. The maximum Gasteiger partial charge on any atom is 0.294 e. The quantitative estimate of drug-likeness (QED) is 0.827. The van der Waals surface area contributed by atoms with E-state index in [4.69, 9.17) is 9.26 Å². The number of benzene rings is 1. The van der Waals surface area contributed by atoms with E-state index >= 15 is 0 Å². The zero-order valence-corrected chi connectivity index (χ0v) is 12.2. The van der Waals surface area contributed by atoms with Crippen molar-refractivity contribution >= 4 is 11.6 Å². The Labute approximate surface area is 122 Å². The fraction of sp³-hybridized carbons (Fsp3) is 0.333. The van der Waals surface area contributed by atoms with Gasteiger partial charge in [0, 0.05) is 17.8 Å². The summed E-state index contributed by atoms with van der Waals surface area (Å²) in [5.41, 5.74) is 1.25. The van der Waals surface area contributed by atoms with Gasteiger partial charge in [-0.05, 0) is 24.5 Å². The van der Waals surface area contributed by atoms with E-state index in [0.29, 0.717) is 11.6 Å². The van der Waals surface area contributed by atoms with Crippen molar-refractivity contribution in [2.75, 3.05) is 12.4 Å². The Kier molecular flexibility index (Phi) is 4.47. The van der Waals surface area contributed by atoms with E-state index in [1.54, 1.807) is 12.1 Å². The van der Waals surface area contributed by atoms with Crippen molar-refractivity contribution in [1.29, 1.82) is 0 Å². The van der Waals surface area contributed by atoms with E-state index in [2.05, 4.69) is 24.3 Å². The molecule has 0 unspecified atom stereocenters. The first kappa shape index (κ1) is 14.9. The van der Waals surface area contributed by atoms with Crippen LogP contribution in [-0.4, -0.2) is 23.3 Å². The summed E-state index contributed by atoms with van der Waals surface area (Å²) in [5, 5.41) is 16.0. The van der Waals surface area contributed by atoms with E-state index < -0.39 is 5.91 Å². The summed E-state index contributed by atoms with van der Waals surface area (Å²) in [6, 6.07) is 6.17. The number of nitrogens with zero attached hydrogens (tertiary/aromatic N) is 1. The van der Waals surface area contributed by atoms with Crippen LogP contribution in [0.3, 0.4) is 0 Å². The first-order valence-electron chi connectivity index (χ1n) is 6.63. The molecule has 0 radical (unpaired) electrons. The number of methoxy groups -OCH3 is 1. The lowest BCUT2D eigenvalue weighted by molar-refractivity contribution is 0.0988. The Morgan fingerprint density at radius 3 is 2.86 bits per heavy atom. The summed E-state index contributed by atoms with van der Waals surface area (Å²) in [6.45, 7) is 4.13. The number of amides is 1. The van der Waals surface area contributed by atoms with Crippen LogP contribution >= 0.6 is 0 Å². The second kappa shape index (κ2) is 6.30. The Morgan fingerprint density at radius 2 is 2.19 bits per heavy atom. The van der Waals surface area contributed by atoms with Crippen molar-refractivity contribution in [3.05, 3.63) is 35.7 Å². The standard InChI is InChI=1S/C15H18N2O4/c1-9(2)6-11-8-14(21-17-11)15(19)16-10-4-5-12(18)13(7-10)20-3/h4-5,7-9,18H,6H2,1-3H3,(H,16,19). The summed E-state index contributed by atoms with van der Waals surface area (Å²) in [7, 11) is 1.44. The highest BCUT2D eigenvalue weighted by atomic mass is 16.5. The average Bonchev–Trinajstić information content (AvgIpc) is 2.88. The molecule has 6 heteroatoms. The zero-order chi connectivity index (χ0) is 15.4. The summed E-state index contributed by atoms with van der Waals surface area (Å²) in [4.78, 5) is 12.0. The van der Waals surface area contributed by atoms with Crippen molar-refractivity contribution in [1.82, 2.24) is 5.16 Å². The maximum absolute atomic E-state index is 12.0. The molecule has 0 atom stereocenters. The van der Waals surface area contributed by atoms with Crippen LogP contribution in [0.4, 0.5) is 5.69 Å². The molecule has 0 aliphatic rings. The van der Waals surface area contributed by atoms with Crippen LogP contribution in [0.2, 0.25) is 0 Å². The number of nitrogens with one attached hydrogen (secondary N) is 1. The number of carbonyl (C=O) groups is 1. The first-order valence-corrected chi connectivity index (χ1v) is 6.63. The molecule has 0 spiro atoms. The Morgan fingerprint density at radius 1 is 1.43 bits per heavy atom. The first-order chi connectivity index (χ1) is 9.99. The highest BCUT2D eigenvalue weighted by Crippen LogP contribution is 2.28. The van der Waals surface area contributed by atoms with Crippen LogP contribution in [0.15, 0.2) is 28.8 Å². The van der Waals surface area contributed by atoms with Gasteiger partial charge in [0.05, 0.1) is 12.8 Å². The minimum atomic E-state index is -0.398. The molecule has 2 rings (SSSR count). The van der Waals surface area contributed by atoms with Gasteiger partial charge < -0.3 is 19.7 Å². The van der Waals surface area contributed by atoms with Crippen molar-refractivity contribution in [3.8, 4) is 11.5 Å². The van der Waals surface area contributed by atoms with Crippen LogP contribution in [0, 0.1) is 5.92 Å². The number of hydrogen-bond donors (Lipinski definition) is 2. The molecule has 2 aromatic rings.